The maximum Gasteiger partial charge on any atom is 0.244 e. The Balaban J connectivity index is 1.32. The zero-order valence-electron chi connectivity index (χ0n) is 19.0. The molecule has 2 heterocycles. The van der Waals surface area contributed by atoms with Crippen molar-refractivity contribution < 1.29 is 22.4 Å². The van der Waals surface area contributed by atoms with Crippen LogP contribution in [0.25, 0.3) is 21.9 Å². The van der Waals surface area contributed by atoms with E-state index in [9.17, 15) is 18.5 Å². The Morgan fingerprint density at radius 3 is 2.51 bits per heavy atom. The molecule has 0 spiro atoms. The van der Waals surface area contributed by atoms with Crippen molar-refractivity contribution in [2.45, 2.75) is 17.7 Å². The average molecular weight is 490 g/mol. The molecule has 1 saturated heterocycles. The van der Waals surface area contributed by atoms with Gasteiger partial charge in [-0.25, -0.2) is 8.42 Å². The quantitative estimate of drug-likeness (QED) is 0.442. The van der Waals surface area contributed by atoms with E-state index in [-0.39, 0.29) is 35.4 Å². The summed E-state index contributed by atoms with van der Waals surface area (Å²) < 4.78 is 38.9. The van der Waals surface area contributed by atoms with Crippen molar-refractivity contribution >= 4 is 43.6 Å². The third-order valence-electron chi connectivity index (χ3n) is 6.41. The van der Waals surface area contributed by atoms with E-state index in [1.165, 1.54) is 16.4 Å². The van der Waals surface area contributed by atoms with Crippen molar-refractivity contribution in [1.29, 1.82) is 5.26 Å². The molecule has 178 valence electrons. The van der Waals surface area contributed by atoms with E-state index in [2.05, 4.69) is 5.32 Å². The zero-order valence-corrected chi connectivity index (χ0v) is 19.8. The second-order valence-electron chi connectivity index (χ2n) is 8.42. The molecule has 5 rings (SSSR count). The standard InChI is InChI=1S/C26H23N3O5S/c1-33-24-14-20-19-7-3-4-8-22(19)34-23(20)15-21(24)28-26(30)17-10-12-29(13-11-17)35(31,32)25-9-5-2-6-18(25)16-27/h2-9,14-15,17H,10-13H2,1H3,(H,28,30). The molecule has 1 aromatic heterocycles. The van der Waals surface area contributed by atoms with E-state index in [4.69, 9.17) is 9.15 Å². The predicted molar refractivity (Wildman–Crippen MR) is 132 cm³/mol. The van der Waals surface area contributed by atoms with Crippen molar-refractivity contribution in [2.24, 2.45) is 5.92 Å². The number of hydrogen-bond acceptors (Lipinski definition) is 6. The molecule has 1 aliphatic rings. The number of benzene rings is 3. The first-order valence-electron chi connectivity index (χ1n) is 11.2. The van der Waals surface area contributed by atoms with Crippen molar-refractivity contribution in [1.82, 2.24) is 4.31 Å². The normalized spacial score (nSPS) is 15.2. The van der Waals surface area contributed by atoms with E-state index in [0.29, 0.717) is 29.9 Å². The summed E-state index contributed by atoms with van der Waals surface area (Å²) in [7, 11) is -2.27. The maximum absolute atomic E-state index is 13.1. The number of nitrogens with one attached hydrogen (secondary N) is 1. The molecule has 1 fully saturated rings. The fourth-order valence-electron chi connectivity index (χ4n) is 4.53. The molecule has 0 aliphatic carbocycles. The second kappa shape index (κ2) is 9.06. The number of para-hydroxylation sites is 1. The Morgan fingerprint density at radius 1 is 1.06 bits per heavy atom. The smallest absolute Gasteiger partial charge is 0.244 e. The molecule has 1 N–H and O–H groups in total. The summed E-state index contributed by atoms with van der Waals surface area (Å²) in [5.41, 5.74) is 2.00. The van der Waals surface area contributed by atoms with Gasteiger partial charge in [0.05, 0.1) is 23.3 Å². The summed E-state index contributed by atoms with van der Waals surface area (Å²) in [6.07, 6.45) is 0.740. The maximum atomic E-state index is 13.1. The Kier molecular flexibility index (Phi) is 5.93. The predicted octanol–water partition coefficient (Wildman–Crippen LogP) is 4.51. The molecule has 0 radical (unpaired) electrons. The number of methoxy groups -OCH3 is 1. The number of furan rings is 1. The van der Waals surface area contributed by atoms with Crippen LogP contribution in [0.5, 0.6) is 5.75 Å². The Hall–Kier alpha value is -3.87. The van der Waals surface area contributed by atoms with Gasteiger partial charge in [-0.05, 0) is 37.1 Å². The number of nitrogens with zero attached hydrogens (tertiary/aromatic N) is 2. The van der Waals surface area contributed by atoms with Crippen LogP contribution in [0.1, 0.15) is 18.4 Å². The van der Waals surface area contributed by atoms with E-state index >= 15 is 0 Å². The number of carbonyl (C=O) groups excluding carboxylic acids is 1. The Labute approximate surface area is 202 Å². The minimum absolute atomic E-state index is 0.00530. The van der Waals surface area contributed by atoms with Crippen LogP contribution in [-0.4, -0.2) is 38.8 Å². The summed E-state index contributed by atoms with van der Waals surface area (Å²) >= 11 is 0. The lowest BCUT2D eigenvalue weighted by atomic mass is 9.97. The number of carbonyl (C=O) groups is 1. The fraction of sp³-hybridized carbons (Fsp3) is 0.231. The molecule has 9 heteroatoms. The van der Waals surface area contributed by atoms with Gasteiger partial charge in [-0.2, -0.15) is 9.57 Å². The molecular weight excluding hydrogens is 466 g/mol. The third-order valence-corrected chi connectivity index (χ3v) is 8.36. The summed E-state index contributed by atoms with van der Waals surface area (Å²) in [6.45, 7) is 0.389. The molecule has 1 amide bonds. The van der Waals surface area contributed by atoms with Gasteiger partial charge in [-0.3, -0.25) is 4.79 Å². The highest BCUT2D eigenvalue weighted by Crippen LogP contribution is 2.37. The van der Waals surface area contributed by atoms with Gasteiger partial charge >= 0.3 is 0 Å². The van der Waals surface area contributed by atoms with Crippen molar-refractivity contribution in [3.8, 4) is 11.8 Å². The number of piperidine rings is 1. The first kappa shape index (κ1) is 22.9. The lowest BCUT2D eigenvalue weighted by Crippen LogP contribution is -2.41. The average Bonchev–Trinajstić information content (AvgIpc) is 3.25. The fourth-order valence-corrected chi connectivity index (χ4v) is 6.15. The van der Waals surface area contributed by atoms with Crippen LogP contribution in [0, 0.1) is 17.2 Å². The SMILES string of the molecule is COc1cc2c(cc1NC(=O)C1CCN(S(=O)(=O)c3ccccc3C#N)CC1)oc1ccccc12. The number of rotatable bonds is 5. The van der Waals surface area contributed by atoms with Gasteiger partial charge in [0.25, 0.3) is 0 Å². The van der Waals surface area contributed by atoms with Crippen LogP contribution in [0.2, 0.25) is 0 Å². The lowest BCUT2D eigenvalue weighted by Gasteiger charge is -2.30. The van der Waals surface area contributed by atoms with Gasteiger partial charge in [0.15, 0.2) is 0 Å². The van der Waals surface area contributed by atoms with Crippen LogP contribution in [0.15, 0.2) is 70.0 Å². The van der Waals surface area contributed by atoms with E-state index in [1.807, 2.05) is 36.4 Å². The minimum atomic E-state index is -3.81. The van der Waals surface area contributed by atoms with Gasteiger partial charge in [0, 0.05) is 35.8 Å². The molecule has 0 bridgehead atoms. The van der Waals surface area contributed by atoms with Gasteiger partial charge in [-0.1, -0.05) is 30.3 Å². The number of fused-ring (bicyclic) bond motifs is 3. The summed E-state index contributed by atoms with van der Waals surface area (Å²) in [4.78, 5) is 13.1. The molecule has 0 saturated carbocycles. The minimum Gasteiger partial charge on any atom is -0.495 e. The molecule has 4 aromatic rings. The van der Waals surface area contributed by atoms with Crippen LogP contribution < -0.4 is 10.1 Å². The molecule has 0 atom stereocenters. The molecule has 35 heavy (non-hydrogen) atoms. The zero-order chi connectivity index (χ0) is 24.6. The van der Waals surface area contributed by atoms with Gasteiger partial charge < -0.3 is 14.5 Å². The second-order valence-corrected chi connectivity index (χ2v) is 10.3. The first-order chi connectivity index (χ1) is 16.9. The van der Waals surface area contributed by atoms with E-state index < -0.39 is 10.0 Å². The number of nitriles is 1. The third kappa shape index (κ3) is 4.11. The number of amides is 1. The van der Waals surface area contributed by atoms with Crippen LogP contribution in [-0.2, 0) is 14.8 Å². The van der Waals surface area contributed by atoms with Gasteiger partial charge in [0.1, 0.15) is 23.0 Å². The molecule has 0 unspecified atom stereocenters. The lowest BCUT2D eigenvalue weighted by molar-refractivity contribution is -0.120. The molecular formula is C26H23N3O5S. The van der Waals surface area contributed by atoms with Crippen molar-refractivity contribution in [3.63, 3.8) is 0 Å². The number of hydrogen-bond donors (Lipinski definition) is 1. The highest BCUT2D eigenvalue weighted by Gasteiger charge is 2.33. The van der Waals surface area contributed by atoms with E-state index in [1.54, 1.807) is 25.3 Å². The van der Waals surface area contributed by atoms with Crippen LogP contribution in [0.4, 0.5) is 5.69 Å². The summed E-state index contributed by atoms with van der Waals surface area (Å²) in [6, 6.07) is 19.4. The summed E-state index contributed by atoms with van der Waals surface area (Å²) in [5.74, 6) is -0.0394. The largest absolute Gasteiger partial charge is 0.495 e. The first-order valence-corrected chi connectivity index (χ1v) is 12.7. The van der Waals surface area contributed by atoms with Crippen LogP contribution in [0.3, 0.4) is 0 Å². The monoisotopic (exact) mass is 489 g/mol. The summed E-state index contributed by atoms with van der Waals surface area (Å²) in [5, 5.41) is 14.1. The number of ether oxygens (including phenoxy) is 1. The number of anilines is 1. The Morgan fingerprint density at radius 2 is 1.77 bits per heavy atom. The topological polar surface area (TPSA) is 113 Å². The highest BCUT2D eigenvalue weighted by atomic mass is 32.2. The van der Waals surface area contributed by atoms with E-state index in [0.717, 1.165) is 16.4 Å². The number of sulfonamides is 1. The van der Waals surface area contributed by atoms with Crippen molar-refractivity contribution in [2.75, 3.05) is 25.5 Å². The highest BCUT2D eigenvalue weighted by molar-refractivity contribution is 7.89. The Bertz CT molecular complexity index is 1580. The molecule has 3 aromatic carbocycles. The van der Waals surface area contributed by atoms with Gasteiger partial charge in [-0.15, -0.1) is 0 Å². The molecule has 8 nitrogen and oxygen atoms in total. The van der Waals surface area contributed by atoms with Gasteiger partial charge in [0.2, 0.25) is 15.9 Å². The van der Waals surface area contributed by atoms with Crippen LogP contribution >= 0.6 is 0 Å². The van der Waals surface area contributed by atoms with Crippen molar-refractivity contribution in [3.05, 3.63) is 66.2 Å². The molecule has 1 aliphatic heterocycles.